The van der Waals surface area contributed by atoms with Crippen molar-refractivity contribution in [3.8, 4) is 5.75 Å². The van der Waals surface area contributed by atoms with Gasteiger partial charge in [0.1, 0.15) is 11.8 Å². The quantitative estimate of drug-likeness (QED) is 0.597. The fourth-order valence-corrected chi connectivity index (χ4v) is 4.53. The molecule has 0 spiro atoms. The van der Waals surface area contributed by atoms with Crippen LogP contribution in [0.3, 0.4) is 0 Å². The zero-order valence-electron chi connectivity index (χ0n) is 18.2. The highest BCUT2D eigenvalue weighted by Crippen LogP contribution is 2.33. The first-order chi connectivity index (χ1) is 15.8. The minimum Gasteiger partial charge on any atom is -0.453 e. The van der Waals surface area contributed by atoms with Gasteiger partial charge in [0, 0.05) is 25.4 Å². The van der Waals surface area contributed by atoms with Crippen LogP contribution in [0, 0.1) is 17.6 Å². The third kappa shape index (κ3) is 5.35. The SMILES string of the molecule is Cn1ccc(NC(=O)C(CC2CCCCC2)N2CC(Oc3c(F)ccc(Cl)c3F)=CC2=O)n1. The first kappa shape index (κ1) is 23.2. The van der Waals surface area contributed by atoms with Crippen molar-refractivity contribution in [2.75, 3.05) is 11.9 Å². The van der Waals surface area contributed by atoms with Gasteiger partial charge in [-0.1, -0.05) is 43.7 Å². The fourth-order valence-electron chi connectivity index (χ4n) is 4.38. The summed E-state index contributed by atoms with van der Waals surface area (Å²) in [5.41, 5.74) is 0. The largest absolute Gasteiger partial charge is 0.453 e. The third-order valence-corrected chi connectivity index (χ3v) is 6.35. The van der Waals surface area contributed by atoms with E-state index in [1.807, 2.05) is 0 Å². The number of carbonyl (C=O) groups excluding carboxylic acids is 2. The van der Waals surface area contributed by atoms with Gasteiger partial charge < -0.3 is 15.0 Å². The van der Waals surface area contributed by atoms with Crippen LogP contribution < -0.4 is 10.1 Å². The summed E-state index contributed by atoms with van der Waals surface area (Å²) in [6.45, 7) is -0.0861. The number of halogens is 3. The van der Waals surface area contributed by atoms with Gasteiger partial charge >= 0.3 is 0 Å². The minimum absolute atomic E-state index is 0.0411. The topological polar surface area (TPSA) is 76.5 Å². The molecule has 10 heteroatoms. The molecular weight excluding hydrogens is 454 g/mol. The molecule has 0 saturated heterocycles. The van der Waals surface area contributed by atoms with Crippen LogP contribution in [0.5, 0.6) is 5.75 Å². The number of aromatic nitrogens is 2. The van der Waals surface area contributed by atoms with Crippen LogP contribution in [-0.2, 0) is 16.6 Å². The normalized spacial score (nSPS) is 17.8. The van der Waals surface area contributed by atoms with E-state index in [1.165, 1.54) is 11.3 Å². The molecule has 1 aromatic carbocycles. The smallest absolute Gasteiger partial charge is 0.251 e. The Morgan fingerprint density at radius 3 is 2.73 bits per heavy atom. The number of aryl methyl sites for hydroxylation is 1. The molecule has 0 radical (unpaired) electrons. The minimum atomic E-state index is -1.05. The number of ether oxygens (including phenoxy) is 1. The van der Waals surface area contributed by atoms with E-state index >= 15 is 0 Å². The number of nitrogens with one attached hydrogen (secondary N) is 1. The summed E-state index contributed by atoms with van der Waals surface area (Å²) in [5, 5.41) is 6.65. The van der Waals surface area contributed by atoms with Crippen LogP contribution in [0.25, 0.3) is 0 Å². The summed E-state index contributed by atoms with van der Waals surface area (Å²) >= 11 is 5.73. The van der Waals surface area contributed by atoms with E-state index in [2.05, 4.69) is 10.4 Å². The molecule has 33 heavy (non-hydrogen) atoms. The first-order valence-corrected chi connectivity index (χ1v) is 11.3. The average molecular weight is 479 g/mol. The molecule has 1 atom stereocenters. The second-order valence-corrected chi connectivity index (χ2v) is 8.88. The van der Waals surface area contributed by atoms with Crippen molar-refractivity contribution < 1.29 is 23.1 Å². The van der Waals surface area contributed by atoms with Gasteiger partial charge in [0.25, 0.3) is 5.91 Å². The summed E-state index contributed by atoms with van der Waals surface area (Å²) < 4.78 is 35.3. The van der Waals surface area contributed by atoms with Crippen LogP contribution in [0.1, 0.15) is 38.5 Å². The molecule has 1 aliphatic carbocycles. The van der Waals surface area contributed by atoms with Crippen molar-refractivity contribution in [3.05, 3.63) is 52.9 Å². The molecule has 1 fully saturated rings. The second-order valence-electron chi connectivity index (χ2n) is 8.47. The summed E-state index contributed by atoms with van der Waals surface area (Å²) in [5.74, 6) is -2.74. The van der Waals surface area contributed by atoms with Gasteiger partial charge in [-0.05, 0) is 24.5 Å². The molecule has 1 aromatic heterocycles. The first-order valence-electron chi connectivity index (χ1n) is 10.9. The van der Waals surface area contributed by atoms with E-state index in [9.17, 15) is 18.4 Å². The molecule has 1 saturated carbocycles. The number of amides is 2. The molecule has 4 rings (SSSR count). The Balaban J connectivity index is 1.52. The van der Waals surface area contributed by atoms with Crippen molar-refractivity contribution in [1.29, 1.82) is 0 Å². The lowest BCUT2D eigenvalue weighted by molar-refractivity contribution is -0.134. The Labute approximate surface area is 195 Å². The van der Waals surface area contributed by atoms with E-state index < -0.39 is 29.3 Å². The van der Waals surface area contributed by atoms with Gasteiger partial charge in [-0.25, -0.2) is 8.78 Å². The molecule has 176 valence electrons. The van der Waals surface area contributed by atoms with E-state index in [1.54, 1.807) is 24.0 Å². The lowest BCUT2D eigenvalue weighted by Gasteiger charge is -2.31. The monoisotopic (exact) mass is 478 g/mol. The number of benzene rings is 1. The van der Waals surface area contributed by atoms with Crippen molar-refractivity contribution in [2.24, 2.45) is 13.0 Å². The van der Waals surface area contributed by atoms with E-state index in [0.29, 0.717) is 18.2 Å². The third-order valence-electron chi connectivity index (χ3n) is 6.05. The summed E-state index contributed by atoms with van der Waals surface area (Å²) in [6.07, 6.45) is 8.68. The van der Waals surface area contributed by atoms with Crippen LogP contribution in [0.2, 0.25) is 5.02 Å². The van der Waals surface area contributed by atoms with Gasteiger partial charge in [0.05, 0.1) is 11.6 Å². The molecule has 0 bridgehead atoms. The van der Waals surface area contributed by atoms with Gasteiger partial charge in [0.2, 0.25) is 5.91 Å². The maximum atomic E-state index is 14.3. The van der Waals surface area contributed by atoms with Gasteiger partial charge in [-0.2, -0.15) is 5.10 Å². The predicted octanol–water partition coefficient (Wildman–Crippen LogP) is 4.43. The lowest BCUT2D eigenvalue weighted by atomic mass is 9.84. The number of nitrogens with zero attached hydrogens (tertiary/aromatic N) is 3. The summed E-state index contributed by atoms with van der Waals surface area (Å²) in [7, 11) is 1.74. The van der Waals surface area contributed by atoms with Crippen molar-refractivity contribution in [1.82, 2.24) is 14.7 Å². The Hall–Kier alpha value is -2.94. The van der Waals surface area contributed by atoms with E-state index in [-0.39, 0.29) is 23.2 Å². The van der Waals surface area contributed by atoms with Gasteiger partial charge in [-0.3, -0.25) is 14.3 Å². The number of hydrogen-bond acceptors (Lipinski definition) is 4. The molecule has 1 N–H and O–H groups in total. The Morgan fingerprint density at radius 2 is 2.03 bits per heavy atom. The molecule has 2 amide bonds. The van der Waals surface area contributed by atoms with Gasteiger partial charge in [0.15, 0.2) is 23.2 Å². The highest BCUT2D eigenvalue weighted by Gasteiger charge is 2.36. The molecule has 1 aliphatic heterocycles. The van der Waals surface area contributed by atoms with Crippen LogP contribution in [0.15, 0.2) is 36.2 Å². The number of carbonyl (C=O) groups is 2. The van der Waals surface area contributed by atoms with Crippen molar-refractivity contribution >= 4 is 29.2 Å². The summed E-state index contributed by atoms with van der Waals surface area (Å²) in [4.78, 5) is 27.4. The maximum absolute atomic E-state index is 14.3. The van der Waals surface area contributed by atoms with Crippen LogP contribution in [-0.4, -0.2) is 39.1 Å². The Morgan fingerprint density at radius 1 is 1.27 bits per heavy atom. The van der Waals surface area contributed by atoms with Gasteiger partial charge in [-0.15, -0.1) is 0 Å². The molecule has 7 nitrogen and oxygen atoms in total. The number of hydrogen-bond donors (Lipinski definition) is 1. The Kier molecular flexibility index (Phi) is 6.97. The van der Waals surface area contributed by atoms with E-state index in [0.717, 1.165) is 43.9 Å². The predicted molar refractivity (Wildman–Crippen MR) is 119 cm³/mol. The number of anilines is 1. The number of rotatable bonds is 7. The van der Waals surface area contributed by atoms with Crippen molar-refractivity contribution in [3.63, 3.8) is 0 Å². The molecular formula is C23H25ClF2N4O3. The Bertz CT molecular complexity index is 1080. The van der Waals surface area contributed by atoms with Crippen LogP contribution >= 0.6 is 11.6 Å². The zero-order chi connectivity index (χ0) is 23.5. The van der Waals surface area contributed by atoms with Crippen molar-refractivity contribution in [2.45, 2.75) is 44.6 Å². The molecule has 2 heterocycles. The summed E-state index contributed by atoms with van der Waals surface area (Å²) in [6, 6.07) is 2.97. The highest BCUT2D eigenvalue weighted by atomic mass is 35.5. The second kappa shape index (κ2) is 9.91. The standard InChI is InChI=1S/C23H25ClF2N4O3/c1-29-10-9-19(28-29)27-23(32)18(11-14-5-3-2-4-6-14)30-13-15(12-20(30)31)33-22-17(25)8-7-16(24)21(22)26/h7-10,12,14,18H,2-6,11,13H2,1H3,(H,27,28,32). The maximum Gasteiger partial charge on any atom is 0.251 e. The molecule has 2 aromatic rings. The zero-order valence-corrected chi connectivity index (χ0v) is 18.9. The lowest BCUT2D eigenvalue weighted by Crippen LogP contribution is -2.46. The van der Waals surface area contributed by atoms with Crippen LogP contribution in [0.4, 0.5) is 14.6 Å². The molecule has 1 unspecified atom stereocenters. The van der Waals surface area contributed by atoms with E-state index in [4.69, 9.17) is 16.3 Å². The highest BCUT2D eigenvalue weighted by molar-refractivity contribution is 6.30. The average Bonchev–Trinajstić information content (AvgIpc) is 3.37. The fraction of sp³-hybridized carbons (Fsp3) is 0.435. The molecule has 2 aliphatic rings.